The summed E-state index contributed by atoms with van der Waals surface area (Å²) in [5, 5.41) is 2.67. The minimum atomic E-state index is -0.274. The van der Waals surface area contributed by atoms with E-state index in [9.17, 15) is 9.59 Å². The highest BCUT2D eigenvalue weighted by atomic mass is 16.3. The summed E-state index contributed by atoms with van der Waals surface area (Å²) in [5.41, 5.74) is 0. The van der Waals surface area contributed by atoms with E-state index in [0.717, 1.165) is 18.6 Å². The molecule has 0 unspecified atom stereocenters. The average Bonchev–Trinajstić information content (AvgIpc) is 3.20. The highest BCUT2D eigenvalue weighted by Gasteiger charge is 2.30. The van der Waals surface area contributed by atoms with Crippen molar-refractivity contribution >= 4 is 11.9 Å². The van der Waals surface area contributed by atoms with Crippen LogP contribution in [0.3, 0.4) is 0 Å². The van der Waals surface area contributed by atoms with E-state index in [0.29, 0.717) is 25.7 Å². The maximum atomic E-state index is 12.3. The zero-order valence-electron chi connectivity index (χ0n) is 12.1. The lowest BCUT2D eigenvalue weighted by Gasteiger charge is -2.28. The van der Waals surface area contributed by atoms with Gasteiger partial charge in [-0.1, -0.05) is 12.8 Å². The molecule has 1 saturated carbocycles. The fourth-order valence-electron chi connectivity index (χ4n) is 3.15. The maximum Gasteiger partial charge on any atom is 0.324 e. The molecule has 1 aromatic heterocycles. The van der Waals surface area contributed by atoms with E-state index in [1.807, 2.05) is 12.1 Å². The quantitative estimate of drug-likeness (QED) is 0.894. The molecule has 1 aliphatic heterocycles. The van der Waals surface area contributed by atoms with Crippen LogP contribution in [0.4, 0.5) is 4.79 Å². The van der Waals surface area contributed by atoms with Gasteiger partial charge in [-0.15, -0.1) is 0 Å². The summed E-state index contributed by atoms with van der Waals surface area (Å²) >= 11 is 0. The SMILES string of the molecule is O=C(CN(Cc1ccco1)C1CCCC1)N1CCNC1=O. The average molecular weight is 291 g/mol. The molecule has 2 fully saturated rings. The summed E-state index contributed by atoms with van der Waals surface area (Å²) in [6.07, 6.45) is 6.29. The lowest BCUT2D eigenvalue weighted by atomic mass is 10.2. The first-order valence-electron chi connectivity index (χ1n) is 7.58. The summed E-state index contributed by atoms with van der Waals surface area (Å²) in [4.78, 5) is 27.4. The molecule has 2 aliphatic rings. The van der Waals surface area contributed by atoms with Crippen LogP contribution >= 0.6 is 0 Å². The van der Waals surface area contributed by atoms with Crippen molar-refractivity contribution in [3.05, 3.63) is 24.2 Å². The molecule has 6 nitrogen and oxygen atoms in total. The monoisotopic (exact) mass is 291 g/mol. The normalized spacial score (nSPS) is 19.5. The molecule has 114 valence electrons. The number of hydrogen-bond donors (Lipinski definition) is 1. The number of nitrogens with zero attached hydrogens (tertiary/aromatic N) is 2. The minimum Gasteiger partial charge on any atom is -0.468 e. The van der Waals surface area contributed by atoms with Crippen LogP contribution in [0.25, 0.3) is 0 Å². The summed E-state index contributed by atoms with van der Waals surface area (Å²) in [6, 6.07) is 3.92. The maximum absolute atomic E-state index is 12.3. The topological polar surface area (TPSA) is 65.8 Å². The Morgan fingerprint density at radius 1 is 1.43 bits per heavy atom. The van der Waals surface area contributed by atoms with Crippen molar-refractivity contribution in [2.45, 2.75) is 38.3 Å². The van der Waals surface area contributed by atoms with Crippen molar-refractivity contribution in [2.75, 3.05) is 19.6 Å². The number of hydrogen-bond acceptors (Lipinski definition) is 4. The molecular weight excluding hydrogens is 270 g/mol. The van der Waals surface area contributed by atoms with Gasteiger partial charge in [0.2, 0.25) is 5.91 Å². The van der Waals surface area contributed by atoms with Gasteiger partial charge in [0.25, 0.3) is 0 Å². The van der Waals surface area contributed by atoms with Crippen LogP contribution in [0, 0.1) is 0 Å². The van der Waals surface area contributed by atoms with E-state index >= 15 is 0 Å². The second kappa shape index (κ2) is 6.30. The molecule has 21 heavy (non-hydrogen) atoms. The number of nitrogens with one attached hydrogen (secondary N) is 1. The third-order valence-electron chi connectivity index (χ3n) is 4.28. The van der Waals surface area contributed by atoms with Crippen LogP contribution < -0.4 is 5.32 Å². The largest absolute Gasteiger partial charge is 0.468 e. The van der Waals surface area contributed by atoms with Gasteiger partial charge in [-0.3, -0.25) is 14.6 Å². The molecule has 3 rings (SSSR count). The standard InChI is InChI=1S/C15H21N3O3/c19-14(18-8-7-16-15(18)20)11-17(12-4-1-2-5-12)10-13-6-3-9-21-13/h3,6,9,12H,1-2,4-5,7-8,10-11H2,(H,16,20). The molecule has 1 aromatic rings. The van der Waals surface area contributed by atoms with Gasteiger partial charge in [0.1, 0.15) is 5.76 Å². The molecule has 6 heteroatoms. The molecular formula is C15H21N3O3. The van der Waals surface area contributed by atoms with Gasteiger partial charge in [0.15, 0.2) is 0 Å². The van der Waals surface area contributed by atoms with E-state index < -0.39 is 0 Å². The number of carbonyl (C=O) groups is 2. The highest BCUT2D eigenvalue weighted by Crippen LogP contribution is 2.25. The molecule has 0 aromatic carbocycles. The van der Waals surface area contributed by atoms with Crippen LogP contribution in [0.2, 0.25) is 0 Å². The Balaban J connectivity index is 1.66. The summed E-state index contributed by atoms with van der Waals surface area (Å²) in [7, 11) is 0. The van der Waals surface area contributed by atoms with E-state index in [2.05, 4.69) is 10.2 Å². The number of urea groups is 1. The van der Waals surface area contributed by atoms with Crippen molar-refractivity contribution in [1.82, 2.24) is 15.1 Å². The zero-order valence-corrected chi connectivity index (χ0v) is 12.1. The van der Waals surface area contributed by atoms with Crippen molar-refractivity contribution in [3.8, 4) is 0 Å². The third-order valence-corrected chi connectivity index (χ3v) is 4.28. The van der Waals surface area contributed by atoms with Gasteiger partial charge < -0.3 is 9.73 Å². The molecule has 0 spiro atoms. The zero-order chi connectivity index (χ0) is 14.7. The summed E-state index contributed by atoms with van der Waals surface area (Å²) in [5.74, 6) is 0.740. The van der Waals surface area contributed by atoms with Crippen LogP contribution in [-0.2, 0) is 11.3 Å². The van der Waals surface area contributed by atoms with Crippen LogP contribution in [0.1, 0.15) is 31.4 Å². The Bertz CT molecular complexity index is 494. The predicted octanol–water partition coefficient (Wildman–Crippen LogP) is 1.58. The first-order valence-corrected chi connectivity index (χ1v) is 7.58. The Morgan fingerprint density at radius 3 is 2.86 bits per heavy atom. The summed E-state index contributed by atoms with van der Waals surface area (Å²) < 4.78 is 5.41. The Labute approximate surface area is 124 Å². The molecule has 1 aliphatic carbocycles. The summed E-state index contributed by atoms with van der Waals surface area (Å²) in [6.45, 7) is 1.92. The van der Waals surface area contributed by atoms with E-state index in [1.165, 1.54) is 17.7 Å². The molecule has 0 radical (unpaired) electrons. The van der Waals surface area contributed by atoms with Gasteiger partial charge in [-0.05, 0) is 25.0 Å². The van der Waals surface area contributed by atoms with Gasteiger partial charge in [0, 0.05) is 19.1 Å². The minimum absolute atomic E-state index is 0.122. The highest BCUT2D eigenvalue weighted by molar-refractivity contribution is 5.96. The van der Waals surface area contributed by atoms with Gasteiger partial charge >= 0.3 is 6.03 Å². The Morgan fingerprint density at radius 2 is 2.24 bits per heavy atom. The van der Waals surface area contributed by atoms with Crippen LogP contribution in [-0.4, -0.2) is 47.4 Å². The molecule has 0 atom stereocenters. The first-order chi connectivity index (χ1) is 10.2. The third kappa shape index (κ3) is 3.26. The molecule has 1 saturated heterocycles. The first kappa shape index (κ1) is 14.1. The van der Waals surface area contributed by atoms with Crippen molar-refractivity contribution in [2.24, 2.45) is 0 Å². The van der Waals surface area contributed by atoms with Crippen molar-refractivity contribution in [1.29, 1.82) is 0 Å². The number of rotatable bonds is 5. The lowest BCUT2D eigenvalue weighted by molar-refractivity contribution is -0.129. The second-order valence-electron chi connectivity index (χ2n) is 5.70. The number of imide groups is 1. The molecule has 0 bridgehead atoms. The predicted molar refractivity (Wildman–Crippen MR) is 76.5 cm³/mol. The van der Waals surface area contributed by atoms with Crippen molar-refractivity contribution in [3.63, 3.8) is 0 Å². The van der Waals surface area contributed by atoms with E-state index in [-0.39, 0.29) is 18.5 Å². The fraction of sp³-hybridized carbons (Fsp3) is 0.600. The molecule has 3 amide bonds. The van der Waals surface area contributed by atoms with Crippen LogP contribution in [0.15, 0.2) is 22.8 Å². The van der Waals surface area contributed by atoms with Crippen LogP contribution in [0.5, 0.6) is 0 Å². The van der Waals surface area contributed by atoms with Gasteiger partial charge in [-0.2, -0.15) is 0 Å². The van der Waals surface area contributed by atoms with Gasteiger partial charge in [-0.25, -0.2) is 4.79 Å². The van der Waals surface area contributed by atoms with Crippen molar-refractivity contribution < 1.29 is 14.0 Å². The number of furan rings is 1. The Kier molecular flexibility index (Phi) is 4.24. The molecule has 2 heterocycles. The number of amides is 3. The van der Waals surface area contributed by atoms with E-state index in [4.69, 9.17) is 4.42 Å². The number of carbonyl (C=O) groups excluding carboxylic acids is 2. The smallest absolute Gasteiger partial charge is 0.324 e. The molecule has 1 N–H and O–H groups in total. The Hall–Kier alpha value is -1.82. The fourth-order valence-corrected chi connectivity index (χ4v) is 3.15. The van der Waals surface area contributed by atoms with E-state index in [1.54, 1.807) is 6.26 Å². The van der Waals surface area contributed by atoms with Gasteiger partial charge in [0.05, 0.1) is 19.4 Å². The lowest BCUT2D eigenvalue weighted by Crippen LogP contribution is -2.44. The second-order valence-corrected chi connectivity index (χ2v) is 5.70.